The van der Waals surface area contributed by atoms with E-state index in [9.17, 15) is 33.3 Å². The highest BCUT2D eigenvalue weighted by Gasteiger charge is 2.31. The summed E-state index contributed by atoms with van der Waals surface area (Å²) in [6.07, 6.45) is -3.81. The first-order valence-corrected chi connectivity index (χ1v) is 12.2. The third-order valence-corrected chi connectivity index (χ3v) is 6.14. The van der Waals surface area contributed by atoms with Crippen molar-refractivity contribution in [3.05, 3.63) is 77.6 Å². The predicted molar refractivity (Wildman–Crippen MR) is 139 cm³/mol. The molecule has 4 rings (SSSR count). The standard InChI is InChI=1S/C28H28F3N3O5/c1-16(2)39-21-7-5-20(6-8-21)34-25-10-3-17(24-9-4-18(12-33-24)28(29,30)31)11-22(25)23(26(34)27(37)38)13-32-19(14-35)15-36/h3-12,16,19,32,35-36H,13-15H2,1-2H3,(H,37,38). The lowest BCUT2D eigenvalue weighted by atomic mass is 10.0. The quantitative estimate of drug-likeness (QED) is 0.230. The van der Waals surface area contributed by atoms with E-state index >= 15 is 0 Å². The average molecular weight is 544 g/mol. The van der Waals surface area contributed by atoms with Gasteiger partial charge in [0.25, 0.3) is 0 Å². The first kappa shape index (κ1) is 28.1. The van der Waals surface area contributed by atoms with E-state index in [1.54, 1.807) is 47.0 Å². The molecule has 11 heteroatoms. The zero-order valence-electron chi connectivity index (χ0n) is 21.2. The smallest absolute Gasteiger partial charge is 0.417 e. The number of nitrogens with one attached hydrogen (secondary N) is 1. The van der Waals surface area contributed by atoms with Gasteiger partial charge in [-0.05, 0) is 62.4 Å². The first-order valence-electron chi connectivity index (χ1n) is 12.2. The summed E-state index contributed by atoms with van der Waals surface area (Å²) < 4.78 is 46.3. The van der Waals surface area contributed by atoms with E-state index in [1.807, 2.05) is 13.8 Å². The molecule has 0 aliphatic carbocycles. The molecule has 0 fully saturated rings. The van der Waals surface area contributed by atoms with Crippen LogP contribution in [0.3, 0.4) is 0 Å². The Morgan fingerprint density at radius 3 is 2.28 bits per heavy atom. The van der Waals surface area contributed by atoms with Crippen molar-refractivity contribution in [2.24, 2.45) is 0 Å². The van der Waals surface area contributed by atoms with Crippen molar-refractivity contribution in [3.8, 4) is 22.7 Å². The molecule has 0 unspecified atom stereocenters. The van der Waals surface area contributed by atoms with Crippen molar-refractivity contribution < 1.29 is 38.0 Å². The summed E-state index contributed by atoms with van der Waals surface area (Å²) in [6, 6.07) is 13.5. The van der Waals surface area contributed by atoms with E-state index in [1.165, 1.54) is 6.07 Å². The number of fused-ring (bicyclic) bond motifs is 1. The number of hydrogen-bond acceptors (Lipinski definition) is 6. The maximum absolute atomic E-state index is 13.0. The van der Waals surface area contributed by atoms with Crippen molar-refractivity contribution in [2.45, 2.75) is 38.7 Å². The molecule has 0 saturated carbocycles. The highest BCUT2D eigenvalue weighted by atomic mass is 19.4. The SMILES string of the molecule is CC(C)Oc1ccc(-n2c(C(=O)O)c(CNC(CO)CO)c3cc(-c4ccc(C(F)(F)F)cn4)ccc32)cc1. The van der Waals surface area contributed by atoms with Crippen molar-refractivity contribution in [2.75, 3.05) is 13.2 Å². The number of aliphatic hydroxyl groups is 2. The van der Waals surface area contributed by atoms with Gasteiger partial charge in [-0.2, -0.15) is 13.2 Å². The highest BCUT2D eigenvalue weighted by Crippen LogP contribution is 2.35. The average Bonchev–Trinajstić information content (AvgIpc) is 3.23. The zero-order valence-corrected chi connectivity index (χ0v) is 21.2. The number of carboxylic acid groups (broad SMARTS) is 1. The Morgan fingerprint density at radius 2 is 1.74 bits per heavy atom. The van der Waals surface area contributed by atoms with E-state index in [-0.39, 0.29) is 37.3 Å². The number of hydrogen-bond donors (Lipinski definition) is 4. The minimum absolute atomic E-state index is 0.00461. The van der Waals surface area contributed by atoms with E-state index in [0.717, 1.165) is 12.3 Å². The fourth-order valence-electron chi connectivity index (χ4n) is 4.30. The molecule has 4 aromatic rings. The van der Waals surface area contributed by atoms with E-state index < -0.39 is 23.8 Å². The summed E-state index contributed by atoms with van der Waals surface area (Å²) in [5.74, 6) is -0.586. The number of rotatable bonds is 10. The van der Waals surface area contributed by atoms with Crippen LogP contribution in [-0.2, 0) is 12.7 Å². The topological polar surface area (TPSA) is 117 Å². The Morgan fingerprint density at radius 1 is 1.05 bits per heavy atom. The fraction of sp³-hybridized carbons (Fsp3) is 0.286. The molecular weight excluding hydrogens is 515 g/mol. The van der Waals surface area contributed by atoms with Gasteiger partial charge in [0.05, 0.1) is 42.1 Å². The number of benzene rings is 2. The van der Waals surface area contributed by atoms with Crippen molar-refractivity contribution >= 4 is 16.9 Å². The molecule has 0 radical (unpaired) electrons. The second-order valence-electron chi connectivity index (χ2n) is 9.23. The zero-order chi connectivity index (χ0) is 28.3. The summed E-state index contributed by atoms with van der Waals surface area (Å²) in [4.78, 5) is 16.5. The molecular formula is C28H28F3N3O5. The Kier molecular flexibility index (Phi) is 8.24. The number of ether oxygens (including phenoxy) is 1. The molecule has 0 aliphatic rings. The third kappa shape index (κ3) is 6.06. The maximum atomic E-state index is 13.0. The molecule has 0 amide bonds. The molecule has 2 aromatic carbocycles. The van der Waals surface area contributed by atoms with Crippen LogP contribution in [0.1, 0.15) is 35.5 Å². The van der Waals surface area contributed by atoms with E-state index in [0.29, 0.717) is 33.5 Å². The van der Waals surface area contributed by atoms with Crippen molar-refractivity contribution in [1.29, 1.82) is 0 Å². The van der Waals surface area contributed by atoms with Crippen molar-refractivity contribution in [3.63, 3.8) is 0 Å². The number of carboxylic acids is 1. The van der Waals surface area contributed by atoms with Gasteiger partial charge in [0.1, 0.15) is 11.4 Å². The molecule has 0 aliphatic heterocycles. The Labute approximate surface area is 222 Å². The highest BCUT2D eigenvalue weighted by molar-refractivity contribution is 6.01. The van der Waals surface area contributed by atoms with Crippen LogP contribution in [0.4, 0.5) is 13.2 Å². The van der Waals surface area contributed by atoms with Gasteiger partial charge in [0, 0.05) is 34.9 Å². The van der Waals surface area contributed by atoms with Crippen LogP contribution in [0.5, 0.6) is 5.75 Å². The lowest BCUT2D eigenvalue weighted by Crippen LogP contribution is -2.35. The first-order chi connectivity index (χ1) is 18.5. The molecule has 0 atom stereocenters. The van der Waals surface area contributed by atoms with Gasteiger partial charge in [0.2, 0.25) is 0 Å². The second kappa shape index (κ2) is 11.4. The fourth-order valence-corrected chi connectivity index (χ4v) is 4.30. The number of aromatic nitrogens is 2. The normalized spacial score (nSPS) is 12.0. The Bertz CT molecular complexity index is 1440. The van der Waals surface area contributed by atoms with Gasteiger partial charge in [-0.3, -0.25) is 4.98 Å². The molecule has 2 heterocycles. The molecule has 0 spiro atoms. The predicted octanol–water partition coefficient (Wildman–Crippen LogP) is 4.64. The van der Waals surface area contributed by atoms with Crippen LogP contribution in [0, 0.1) is 0 Å². The lowest BCUT2D eigenvalue weighted by Gasteiger charge is -2.14. The Balaban J connectivity index is 1.88. The maximum Gasteiger partial charge on any atom is 0.417 e. The van der Waals surface area contributed by atoms with E-state index in [2.05, 4.69) is 10.3 Å². The van der Waals surface area contributed by atoms with Crippen LogP contribution < -0.4 is 10.1 Å². The molecule has 4 N–H and O–H groups in total. The van der Waals surface area contributed by atoms with E-state index in [4.69, 9.17) is 4.74 Å². The number of nitrogens with zero attached hydrogens (tertiary/aromatic N) is 2. The minimum Gasteiger partial charge on any atom is -0.491 e. The molecule has 39 heavy (non-hydrogen) atoms. The third-order valence-electron chi connectivity index (χ3n) is 6.14. The van der Waals surface area contributed by atoms with Gasteiger partial charge < -0.3 is 29.9 Å². The largest absolute Gasteiger partial charge is 0.491 e. The molecule has 0 bridgehead atoms. The summed E-state index contributed by atoms with van der Waals surface area (Å²) in [5.41, 5.74) is 1.34. The van der Waals surface area contributed by atoms with Gasteiger partial charge in [-0.25, -0.2) is 4.79 Å². The van der Waals surface area contributed by atoms with Gasteiger partial charge in [0.15, 0.2) is 0 Å². The number of aliphatic hydroxyl groups excluding tert-OH is 2. The summed E-state index contributed by atoms with van der Waals surface area (Å²) in [6.45, 7) is 3.05. The molecule has 0 saturated heterocycles. The molecule has 2 aromatic heterocycles. The molecule has 8 nitrogen and oxygen atoms in total. The number of alkyl halides is 3. The van der Waals surface area contributed by atoms with Gasteiger partial charge in [-0.1, -0.05) is 6.07 Å². The lowest BCUT2D eigenvalue weighted by molar-refractivity contribution is -0.137. The van der Waals surface area contributed by atoms with Crippen LogP contribution in [0.2, 0.25) is 0 Å². The summed E-state index contributed by atoms with van der Waals surface area (Å²) >= 11 is 0. The minimum atomic E-state index is -4.52. The van der Waals surface area contributed by atoms with Crippen LogP contribution >= 0.6 is 0 Å². The molecule has 206 valence electrons. The monoisotopic (exact) mass is 543 g/mol. The second-order valence-corrected chi connectivity index (χ2v) is 9.23. The Hall–Kier alpha value is -3.93. The number of carbonyl (C=O) groups is 1. The van der Waals surface area contributed by atoms with Crippen molar-refractivity contribution in [1.82, 2.24) is 14.9 Å². The van der Waals surface area contributed by atoms with Gasteiger partial charge >= 0.3 is 12.1 Å². The van der Waals surface area contributed by atoms with Crippen LogP contribution in [0.15, 0.2) is 60.8 Å². The number of pyridine rings is 1. The number of halogens is 3. The summed E-state index contributed by atoms with van der Waals surface area (Å²) in [7, 11) is 0. The number of aromatic carboxylic acids is 1. The van der Waals surface area contributed by atoms with Crippen LogP contribution in [0.25, 0.3) is 27.8 Å². The van der Waals surface area contributed by atoms with Gasteiger partial charge in [-0.15, -0.1) is 0 Å². The van der Waals surface area contributed by atoms with Crippen LogP contribution in [-0.4, -0.2) is 56.2 Å². The summed E-state index contributed by atoms with van der Waals surface area (Å²) in [5, 5.41) is 32.7.